The summed E-state index contributed by atoms with van der Waals surface area (Å²) in [6, 6.07) is 17.3. The van der Waals surface area contributed by atoms with Gasteiger partial charge in [0, 0.05) is 32.1 Å². The Bertz CT molecular complexity index is 1070. The third-order valence-corrected chi connectivity index (χ3v) is 7.66. The molecule has 0 spiro atoms. The number of aromatic nitrogens is 1. The van der Waals surface area contributed by atoms with Crippen molar-refractivity contribution in [2.24, 2.45) is 0 Å². The lowest BCUT2D eigenvalue weighted by atomic mass is 9.87. The molecule has 166 valence electrons. The fourth-order valence-electron chi connectivity index (χ4n) is 4.08. The van der Waals surface area contributed by atoms with Gasteiger partial charge >= 0.3 is 6.03 Å². The lowest BCUT2D eigenvalue weighted by Gasteiger charge is -2.20. The summed E-state index contributed by atoms with van der Waals surface area (Å²) in [4.78, 5) is 18.6. The number of hydrogen-bond donors (Lipinski definition) is 2. The quantitative estimate of drug-likeness (QED) is 0.354. The van der Waals surface area contributed by atoms with Crippen molar-refractivity contribution >= 4 is 58.4 Å². The molecule has 8 heteroatoms. The van der Waals surface area contributed by atoms with Crippen LogP contribution in [-0.4, -0.2) is 29.6 Å². The largest absolute Gasteiger partial charge is 0.334 e. The summed E-state index contributed by atoms with van der Waals surface area (Å²) in [5.41, 5.74) is 3.58. The van der Waals surface area contributed by atoms with Crippen LogP contribution in [0.2, 0.25) is 10.0 Å². The van der Waals surface area contributed by atoms with Crippen LogP contribution < -0.4 is 10.6 Å². The number of aryl methyl sites for hydroxylation is 1. The van der Waals surface area contributed by atoms with Crippen molar-refractivity contribution in [2.75, 3.05) is 17.8 Å². The molecule has 2 aromatic carbocycles. The first-order valence-electron chi connectivity index (χ1n) is 10.1. The molecule has 1 saturated carbocycles. The summed E-state index contributed by atoms with van der Waals surface area (Å²) in [5.74, 6) is 0. The highest BCUT2D eigenvalue weighted by Crippen LogP contribution is 2.54. The smallest absolute Gasteiger partial charge is 0.319 e. The number of hydrogen-bond acceptors (Lipinski definition) is 4. The van der Waals surface area contributed by atoms with Gasteiger partial charge in [0.25, 0.3) is 0 Å². The number of thioether (sulfide) groups is 2. The predicted octanol–water partition coefficient (Wildman–Crippen LogP) is 7.02. The second-order valence-corrected chi connectivity index (χ2v) is 10.2. The molecule has 0 saturated heterocycles. The van der Waals surface area contributed by atoms with Gasteiger partial charge < -0.3 is 10.6 Å². The van der Waals surface area contributed by atoms with Crippen molar-refractivity contribution in [2.45, 2.75) is 34.7 Å². The Hall–Kier alpha value is -1.86. The molecule has 0 bridgehead atoms. The molecule has 1 heterocycles. The molecule has 1 unspecified atom stereocenters. The number of carbonyl (C=O) groups is 1. The van der Waals surface area contributed by atoms with Gasteiger partial charge in [-0.2, -0.15) is 0 Å². The average molecular weight is 505 g/mol. The predicted molar refractivity (Wildman–Crippen MR) is 137 cm³/mol. The van der Waals surface area contributed by atoms with Gasteiger partial charge in [-0.05, 0) is 67.3 Å². The zero-order valence-corrected chi connectivity index (χ0v) is 21.1. The number of benzene rings is 2. The highest BCUT2D eigenvalue weighted by Gasteiger charge is 2.57. The number of halogens is 2. The molecule has 1 aromatic heterocycles. The third kappa shape index (κ3) is 4.60. The Kier molecular flexibility index (Phi) is 6.96. The molecule has 1 atom stereocenters. The van der Waals surface area contributed by atoms with Crippen LogP contribution in [0.15, 0.2) is 64.5 Å². The maximum Gasteiger partial charge on any atom is 0.319 e. The fraction of sp³-hybridized carbons (Fsp3) is 0.250. The SMILES string of the molecule is CSc1cc(C)nc(SC)c1NC(=O)NC1CC1(c1ccc(Cl)cc1)c1ccc(Cl)cc1. The monoisotopic (exact) mass is 503 g/mol. The van der Waals surface area contributed by atoms with E-state index in [1.54, 1.807) is 11.8 Å². The van der Waals surface area contributed by atoms with E-state index >= 15 is 0 Å². The molecule has 4 rings (SSSR count). The van der Waals surface area contributed by atoms with Gasteiger partial charge in [-0.15, -0.1) is 23.5 Å². The van der Waals surface area contributed by atoms with Crippen molar-refractivity contribution in [1.82, 2.24) is 10.3 Å². The van der Waals surface area contributed by atoms with E-state index in [1.807, 2.05) is 74.0 Å². The molecule has 32 heavy (non-hydrogen) atoms. The van der Waals surface area contributed by atoms with Crippen LogP contribution in [0.1, 0.15) is 23.2 Å². The summed E-state index contributed by atoms with van der Waals surface area (Å²) in [5, 5.41) is 8.39. The van der Waals surface area contributed by atoms with E-state index in [1.165, 1.54) is 11.8 Å². The second-order valence-electron chi connectivity index (χ2n) is 7.69. The standard InChI is InChI=1S/C24H23Cl2N3OS2/c1-14-12-19(31-2)21(22(27-14)32-3)29-23(30)28-20-13-24(20,15-4-8-17(25)9-5-15)16-6-10-18(26)11-7-16/h4-12,20H,13H2,1-3H3,(H2,28,29,30). The Labute approximate surface area is 206 Å². The number of carbonyl (C=O) groups excluding carboxylic acids is 1. The van der Waals surface area contributed by atoms with E-state index < -0.39 is 0 Å². The van der Waals surface area contributed by atoms with Crippen molar-refractivity contribution in [3.63, 3.8) is 0 Å². The molecule has 3 aromatic rings. The first-order chi connectivity index (χ1) is 15.4. The van der Waals surface area contributed by atoms with E-state index in [0.29, 0.717) is 10.0 Å². The molecule has 2 N–H and O–H groups in total. The van der Waals surface area contributed by atoms with Crippen LogP contribution in [0.5, 0.6) is 0 Å². The third-order valence-electron chi connectivity index (χ3n) is 5.71. The number of anilines is 1. The van der Waals surface area contributed by atoms with Gasteiger partial charge in [-0.25, -0.2) is 9.78 Å². The molecule has 1 aliphatic carbocycles. The van der Waals surface area contributed by atoms with Gasteiger partial charge in [0.1, 0.15) is 5.03 Å². The summed E-state index contributed by atoms with van der Waals surface area (Å²) in [6.07, 6.45) is 4.75. The maximum absolute atomic E-state index is 13.0. The van der Waals surface area contributed by atoms with E-state index in [4.69, 9.17) is 23.2 Å². The highest BCUT2D eigenvalue weighted by atomic mass is 35.5. The van der Waals surface area contributed by atoms with Crippen molar-refractivity contribution in [3.8, 4) is 0 Å². The topological polar surface area (TPSA) is 54.0 Å². The zero-order chi connectivity index (χ0) is 22.9. The van der Waals surface area contributed by atoms with E-state index in [-0.39, 0.29) is 17.5 Å². The van der Waals surface area contributed by atoms with Crippen molar-refractivity contribution < 1.29 is 4.79 Å². The highest BCUT2D eigenvalue weighted by molar-refractivity contribution is 7.99. The number of rotatable bonds is 6. The number of urea groups is 1. The lowest BCUT2D eigenvalue weighted by molar-refractivity contribution is 0.251. The normalized spacial score (nSPS) is 16.5. The second kappa shape index (κ2) is 9.56. The van der Waals surface area contributed by atoms with Crippen LogP contribution in [0, 0.1) is 6.92 Å². The first-order valence-corrected chi connectivity index (χ1v) is 13.3. The summed E-state index contributed by atoms with van der Waals surface area (Å²) < 4.78 is 0. The Morgan fingerprint density at radius 2 is 1.56 bits per heavy atom. The average Bonchev–Trinajstić information content (AvgIpc) is 3.49. The molecular formula is C24H23Cl2N3OS2. The minimum absolute atomic E-state index is 0.0567. The van der Waals surface area contributed by atoms with Crippen molar-refractivity contribution in [3.05, 3.63) is 81.5 Å². The summed E-state index contributed by atoms with van der Waals surface area (Å²) in [6.45, 7) is 1.96. The van der Waals surface area contributed by atoms with Crippen LogP contribution in [0.3, 0.4) is 0 Å². The molecule has 0 aliphatic heterocycles. The van der Waals surface area contributed by atoms with E-state index in [0.717, 1.165) is 38.9 Å². The zero-order valence-electron chi connectivity index (χ0n) is 17.9. The van der Waals surface area contributed by atoms with E-state index in [9.17, 15) is 4.79 Å². The minimum Gasteiger partial charge on any atom is -0.334 e. The van der Waals surface area contributed by atoms with Gasteiger partial charge in [0.15, 0.2) is 0 Å². The molecule has 2 amide bonds. The van der Waals surface area contributed by atoms with Crippen molar-refractivity contribution in [1.29, 1.82) is 0 Å². The molecular weight excluding hydrogens is 481 g/mol. The number of nitrogens with one attached hydrogen (secondary N) is 2. The Morgan fingerprint density at radius 3 is 2.06 bits per heavy atom. The molecule has 1 fully saturated rings. The van der Waals surface area contributed by atoms with Gasteiger partial charge in [0.05, 0.1) is 5.69 Å². The number of amides is 2. The first kappa shape index (κ1) is 23.3. The molecule has 1 aliphatic rings. The minimum atomic E-state index is -0.317. The summed E-state index contributed by atoms with van der Waals surface area (Å²) >= 11 is 15.4. The lowest BCUT2D eigenvalue weighted by Crippen LogP contribution is -2.35. The van der Waals surface area contributed by atoms with Gasteiger partial charge in [0.2, 0.25) is 0 Å². The number of nitrogens with zero attached hydrogens (tertiary/aromatic N) is 1. The van der Waals surface area contributed by atoms with Gasteiger partial charge in [-0.3, -0.25) is 0 Å². The van der Waals surface area contributed by atoms with Crippen LogP contribution >= 0.6 is 46.7 Å². The molecule has 4 nitrogen and oxygen atoms in total. The Morgan fingerprint density at radius 1 is 1.00 bits per heavy atom. The van der Waals surface area contributed by atoms with Crippen LogP contribution in [0.25, 0.3) is 0 Å². The van der Waals surface area contributed by atoms with Gasteiger partial charge in [-0.1, -0.05) is 47.5 Å². The fourth-order valence-corrected chi connectivity index (χ4v) is 5.64. The van der Waals surface area contributed by atoms with E-state index in [2.05, 4.69) is 15.6 Å². The van der Waals surface area contributed by atoms with Crippen LogP contribution in [0.4, 0.5) is 10.5 Å². The number of pyridine rings is 1. The molecule has 0 radical (unpaired) electrons. The maximum atomic E-state index is 13.0. The Balaban J connectivity index is 1.60. The summed E-state index contributed by atoms with van der Waals surface area (Å²) in [7, 11) is 0. The van der Waals surface area contributed by atoms with Crippen LogP contribution in [-0.2, 0) is 5.41 Å².